The summed E-state index contributed by atoms with van der Waals surface area (Å²) >= 11 is 0. The van der Waals surface area contributed by atoms with Crippen molar-refractivity contribution in [2.75, 3.05) is 18.0 Å². The number of aromatic nitrogens is 1. The van der Waals surface area contributed by atoms with Crippen molar-refractivity contribution in [3.63, 3.8) is 0 Å². The fourth-order valence-corrected chi connectivity index (χ4v) is 2.62. The molecule has 6 nitrogen and oxygen atoms in total. The summed E-state index contributed by atoms with van der Waals surface area (Å²) < 4.78 is 0. The zero-order chi connectivity index (χ0) is 15.0. The van der Waals surface area contributed by atoms with Gasteiger partial charge >= 0.3 is 5.97 Å². The van der Waals surface area contributed by atoms with Gasteiger partial charge in [0, 0.05) is 18.5 Å². The van der Waals surface area contributed by atoms with Gasteiger partial charge in [0.05, 0.1) is 11.1 Å². The summed E-state index contributed by atoms with van der Waals surface area (Å²) in [5.74, 6) is -0.519. The van der Waals surface area contributed by atoms with Crippen LogP contribution in [0, 0.1) is 11.3 Å². The molecular weight excluding hydrogens is 268 g/mol. The zero-order valence-corrected chi connectivity index (χ0v) is 11.3. The van der Waals surface area contributed by atoms with Gasteiger partial charge in [-0.15, -0.1) is 0 Å². The molecule has 0 saturated carbocycles. The molecule has 1 saturated heterocycles. The monoisotopic (exact) mass is 282 g/mol. The van der Waals surface area contributed by atoms with Crippen LogP contribution >= 0.6 is 0 Å². The van der Waals surface area contributed by atoms with Crippen LogP contribution in [0.15, 0.2) is 30.3 Å². The Hall–Kier alpha value is -2.65. The normalized spacial score (nSPS) is 21.4. The number of nitrogens with zero attached hydrogens (tertiary/aromatic N) is 3. The standard InChI is InChI=1S/C15H14N4O2/c16-8-11-7-10-3-1-2-4-12(10)18-13(11)19-6-5-15(17,9-19)14(20)21/h1-4,7H,5-6,9,17H2,(H,20,21). The zero-order valence-electron chi connectivity index (χ0n) is 11.3. The third-order valence-corrected chi connectivity index (χ3v) is 3.85. The number of nitrogens with two attached hydrogens (primary N) is 1. The van der Waals surface area contributed by atoms with Crippen molar-refractivity contribution in [2.24, 2.45) is 5.73 Å². The van der Waals surface area contributed by atoms with E-state index in [1.54, 1.807) is 11.0 Å². The fraction of sp³-hybridized carbons (Fsp3) is 0.267. The number of nitriles is 1. The number of hydrogen-bond donors (Lipinski definition) is 2. The van der Waals surface area contributed by atoms with Crippen molar-refractivity contribution in [1.29, 1.82) is 5.26 Å². The minimum Gasteiger partial charge on any atom is -0.480 e. The van der Waals surface area contributed by atoms with Gasteiger partial charge < -0.3 is 15.7 Å². The van der Waals surface area contributed by atoms with Gasteiger partial charge in [-0.25, -0.2) is 4.98 Å². The number of aliphatic carboxylic acids is 1. The Bertz CT molecular complexity index is 768. The van der Waals surface area contributed by atoms with E-state index >= 15 is 0 Å². The van der Waals surface area contributed by atoms with E-state index in [1.165, 1.54) is 0 Å². The second-order valence-corrected chi connectivity index (χ2v) is 5.30. The van der Waals surface area contributed by atoms with E-state index in [9.17, 15) is 15.2 Å². The van der Waals surface area contributed by atoms with Gasteiger partial charge in [-0.3, -0.25) is 4.79 Å². The molecule has 1 aliphatic rings. The number of carboxylic acids is 1. The molecule has 6 heteroatoms. The number of carbonyl (C=O) groups is 1. The summed E-state index contributed by atoms with van der Waals surface area (Å²) in [5, 5.41) is 19.4. The molecule has 2 aromatic rings. The maximum absolute atomic E-state index is 11.2. The van der Waals surface area contributed by atoms with Crippen LogP contribution in [-0.4, -0.2) is 34.7 Å². The molecule has 1 unspecified atom stereocenters. The topological polar surface area (TPSA) is 103 Å². The summed E-state index contributed by atoms with van der Waals surface area (Å²) in [6, 6.07) is 11.4. The van der Waals surface area contributed by atoms with E-state index in [-0.39, 0.29) is 6.54 Å². The van der Waals surface area contributed by atoms with E-state index in [4.69, 9.17) is 5.73 Å². The number of para-hydroxylation sites is 1. The molecule has 1 aromatic heterocycles. The number of anilines is 1. The number of pyridine rings is 1. The van der Waals surface area contributed by atoms with Crippen LogP contribution in [0.5, 0.6) is 0 Å². The van der Waals surface area contributed by atoms with Crippen molar-refractivity contribution in [2.45, 2.75) is 12.0 Å². The first-order chi connectivity index (χ1) is 10.0. The van der Waals surface area contributed by atoms with E-state index < -0.39 is 11.5 Å². The smallest absolute Gasteiger partial charge is 0.325 e. The largest absolute Gasteiger partial charge is 0.480 e. The van der Waals surface area contributed by atoms with Gasteiger partial charge in [0.1, 0.15) is 17.4 Å². The van der Waals surface area contributed by atoms with Crippen molar-refractivity contribution in [3.8, 4) is 6.07 Å². The lowest BCUT2D eigenvalue weighted by atomic mass is 10.0. The second kappa shape index (κ2) is 4.72. The summed E-state index contributed by atoms with van der Waals surface area (Å²) in [5.41, 5.74) is 5.81. The average Bonchev–Trinajstić information content (AvgIpc) is 2.89. The Balaban J connectivity index is 2.05. The van der Waals surface area contributed by atoms with E-state index in [2.05, 4.69) is 11.1 Å². The Morgan fingerprint density at radius 1 is 1.48 bits per heavy atom. The minimum absolute atomic E-state index is 0.155. The lowest BCUT2D eigenvalue weighted by Crippen LogP contribution is -2.50. The van der Waals surface area contributed by atoms with Crippen LogP contribution in [0.25, 0.3) is 10.9 Å². The fourth-order valence-electron chi connectivity index (χ4n) is 2.62. The highest BCUT2D eigenvalue weighted by Gasteiger charge is 2.42. The highest BCUT2D eigenvalue weighted by Crippen LogP contribution is 2.29. The van der Waals surface area contributed by atoms with E-state index in [0.717, 1.165) is 10.9 Å². The van der Waals surface area contributed by atoms with Crippen LogP contribution in [0.2, 0.25) is 0 Å². The lowest BCUT2D eigenvalue weighted by Gasteiger charge is -2.21. The highest BCUT2D eigenvalue weighted by molar-refractivity contribution is 5.84. The van der Waals surface area contributed by atoms with Crippen molar-refractivity contribution < 1.29 is 9.90 Å². The van der Waals surface area contributed by atoms with E-state index in [1.807, 2.05) is 24.3 Å². The summed E-state index contributed by atoms with van der Waals surface area (Å²) in [7, 11) is 0. The van der Waals surface area contributed by atoms with E-state index in [0.29, 0.717) is 24.3 Å². The van der Waals surface area contributed by atoms with Gasteiger partial charge in [0.25, 0.3) is 0 Å². The quantitative estimate of drug-likeness (QED) is 0.854. The third kappa shape index (κ3) is 2.18. The molecule has 0 amide bonds. The Kier molecular flexibility index (Phi) is 3.00. The molecule has 1 fully saturated rings. The van der Waals surface area contributed by atoms with Gasteiger partial charge in [0.15, 0.2) is 0 Å². The van der Waals surface area contributed by atoms with Gasteiger partial charge in [-0.2, -0.15) is 5.26 Å². The first-order valence-electron chi connectivity index (χ1n) is 6.61. The Labute approximate surface area is 121 Å². The molecule has 1 aromatic carbocycles. The molecular formula is C15H14N4O2. The van der Waals surface area contributed by atoms with Gasteiger partial charge in [-0.05, 0) is 18.6 Å². The number of hydrogen-bond acceptors (Lipinski definition) is 5. The van der Waals surface area contributed by atoms with Crippen LogP contribution in [0.3, 0.4) is 0 Å². The molecule has 2 heterocycles. The summed E-state index contributed by atoms with van der Waals surface area (Å²) in [6.45, 7) is 0.630. The molecule has 0 aliphatic carbocycles. The number of benzene rings is 1. The second-order valence-electron chi connectivity index (χ2n) is 5.30. The first-order valence-corrected chi connectivity index (χ1v) is 6.61. The molecule has 0 bridgehead atoms. The van der Waals surface area contributed by atoms with Crippen molar-refractivity contribution in [1.82, 2.24) is 4.98 Å². The minimum atomic E-state index is -1.28. The Morgan fingerprint density at radius 3 is 2.90 bits per heavy atom. The van der Waals surface area contributed by atoms with Crippen LogP contribution in [0.1, 0.15) is 12.0 Å². The van der Waals surface area contributed by atoms with Crippen molar-refractivity contribution >= 4 is 22.7 Å². The summed E-state index contributed by atoms with van der Waals surface area (Å²) in [4.78, 5) is 17.5. The maximum atomic E-state index is 11.2. The lowest BCUT2D eigenvalue weighted by molar-refractivity contribution is -0.142. The van der Waals surface area contributed by atoms with Crippen LogP contribution < -0.4 is 10.6 Å². The maximum Gasteiger partial charge on any atom is 0.325 e. The molecule has 3 rings (SSSR count). The number of carboxylic acid groups (broad SMARTS) is 1. The molecule has 0 radical (unpaired) electrons. The molecule has 1 aliphatic heterocycles. The van der Waals surface area contributed by atoms with Gasteiger partial charge in [-0.1, -0.05) is 18.2 Å². The SMILES string of the molecule is N#Cc1cc2ccccc2nc1N1CCC(N)(C(=O)O)C1. The highest BCUT2D eigenvalue weighted by atomic mass is 16.4. The number of fused-ring (bicyclic) bond motifs is 1. The Morgan fingerprint density at radius 2 is 2.24 bits per heavy atom. The van der Waals surface area contributed by atoms with Crippen LogP contribution in [-0.2, 0) is 4.79 Å². The average molecular weight is 282 g/mol. The van der Waals surface area contributed by atoms with Crippen molar-refractivity contribution in [3.05, 3.63) is 35.9 Å². The molecule has 3 N–H and O–H groups in total. The first kappa shape index (κ1) is 13.3. The predicted molar refractivity (Wildman–Crippen MR) is 77.8 cm³/mol. The number of rotatable bonds is 2. The van der Waals surface area contributed by atoms with Crippen LogP contribution in [0.4, 0.5) is 5.82 Å². The summed E-state index contributed by atoms with van der Waals surface area (Å²) in [6.07, 6.45) is 0.335. The third-order valence-electron chi connectivity index (χ3n) is 3.85. The molecule has 0 spiro atoms. The molecule has 106 valence electrons. The van der Waals surface area contributed by atoms with Gasteiger partial charge in [0.2, 0.25) is 0 Å². The predicted octanol–water partition coefficient (Wildman–Crippen LogP) is 1.10. The molecule has 1 atom stereocenters. The molecule has 21 heavy (non-hydrogen) atoms.